The van der Waals surface area contributed by atoms with Crippen LogP contribution in [0.15, 0.2) is 30.5 Å². The number of carbonyl (C=O) groups is 2. The van der Waals surface area contributed by atoms with Gasteiger partial charge in [-0.25, -0.2) is 4.68 Å². The van der Waals surface area contributed by atoms with E-state index < -0.39 is 11.9 Å². The summed E-state index contributed by atoms with van der Waals surface area (Å²) >= 11 is 0. The van der Waals surface area contributed by atoms with Crippen molar-refractivity contribution in [3.05, 3.63) is 41.7 Å². The molecule has 0 saturated heterocycles. The van der Waals surface area contributed by atoms with E-state index in [4.69, 9.17) is 10.2 Å². The van der Waals surface area contributed by atoms with Gasteiger partial charge in [0.05, 0.1) is 30.4 Å². The van der Waals surface area contributed by atoms with Gasteiger partial charge in [-0.15, -0.1) is 5.10 Å². The van der Waals surface area contributed by atoms with E-state index in [0.717, 1.165) is 0 Å². The summed E-state index contributed by atoms with van der Waals surface area (Å²) in [6.07, 6.45) is 1.16. The Morgan fingerprint density at radius 3 is 2.26 bits per heavy atom. The maximum Gasteiger partial charge on any atom is 0.309 e. The zero-order valence-electron chi connectivity index (χ0n) is 9.85. The summed E-state index contributed by atoms with van der Waals surface area (Å²) in [5.74, 6) is -1.87. The van der Waals surface area contributed by atoms with Crippen molar-refractivity contribution >= 4 is 11.9 Å². The lowest BCUT2D eigenvalue weighted by atomic mass is 10.1. The highest BCUT2D eigenvalue weighted by Gasteiger charge is 2.10. The van der Waals surface area contributed by atoms with Crippen LogP contribution in [0.3, 0.4) is 0 Å². The van der Waals surface area contributed by atoms with Gasteiger partial charge in [-0.2, -0.15) is 0 Å². The second-order valence-electron chi connectivity index (χ2n) is 3.94. The Labute approximate surface area is 108 Å². The molecule has 0 saturated carbocycles. The Morgan fingerprint density at radius 2 is 1.68 bits per heavy atom. The number of hydrogen-bond acceptors (Lipinski definition) is 4. The lowest BCUT2D eigenvalue weighted by molar-refractivity contribution is -0.137. The van der Waals surface area contributed by atoms with Crippen molar-refractivity contribution in [2.75, 3.05) is 0 Å². The average Bonchev–Trinajstić information content (AvgIpc) is 2.76. The first-order valence-corrected chi connectivity index (χ1v) is 5.49. The van der Waals surface area contributed by atoms with Crippen molar-refractivity contribution in [2.24, 2.45) is 0 Å². The molecule has 1 aromatic carbocycles. The number of aliphatic carboxylic acids is 2. The van der Waals surface area contributed by atoms with Gasteiger partial charge in [-0.1, -0.05) is 17.3 Å². The smallest absolute Gasteiger partial charge is 0.309 e. The molecule has 0 amide bonds. The maximum atomic E-state index is 10.7. The summed E-state index contributed by atoms with van der Waals surface area (Å²) < 4.78 is 1.42. The second-order valence-corrected chi connectivity index (χ2v) is 3.94. The molecule has 2 N–H and O–H groups in total. The number of rotatable bonds is 5. The summed E-state index contributed by atoms with van der Waals surface area (Å²) in [6, 6.07) is 6.68. The third-order valence-corrected chi connectivity index (χ3v) is 2.49. The van der Waals surface area contributed by atoms with E-state index in [0.29, 0.717) is 16.9 Å². The first-order valence-electron chi connectivity index (χ1n) is 5.49. The van der Waals surface area contributed by atoms with Gasteiger partial charge >= 0.3 is 11.9 Å². The number of benzene rings is 1. The average molecular weight is 261 g/mol. The molecule has 0 fully saturated rings. The van der Waals surface area contributed by atoms with Gasteiger partial charge in [0.25, 0.3) is 0 Å². The zero-order valence-corrected chi connectivity index (χ0v) is 9.85. The summed E-state index contributed by atoms with van der Waals surface area (Å²) in [6.45, 7) is 0. The third-order valence-electron chi connectivity index (χ3n) is 2.49. The molecule has 0 atom stereocenters. The molecule has 0 aliphatic rings. The van der Waals surface area contributed by atoms with Crippen LogP contribution in [-0.2, 0) is 22.4 Å². The van der Waals surface area contributed by atoms with Crippen molar-refractivity contribution in [3.63, 3.8) is 0 Å². The monoisotopic (exact) mass is 261 g/mol. The fraction of sp³-hybridized carbons (Fsp3) is 0.167. The van der Waals surface area contributed by atoms with Crippen LogP contribution in [0.2, 0.25) is 0 Å². The molecule has 1 heterocycles. The fourth-order valence-corrected chi connectivity index (χ4v) is 1.68. The second kappa shape index (κ2) is 5.30. The van der Waals surface area contributed by atoms with Gasteiger partial charge in [0, 0.05) is 0 Å². The van der Waals surface area contributed by atoms with Crippen molar-refractivity contribution in [3.8, 4) is 5.69 Å². The van der Waals surface area contributed by atoms with Crippen molar-refractivity contribution in [1.29, 1.82) is 0 Å². The summed E-state index contributed by atoms with van der Waals surface area (Å²) in [4.78, 5) is 21.3. The molecular formula is C12H11N3O4. The lowest BCUT2D eigenvalue weighted by Crippen LogP contribution is -2.08. The largest absolute Gasteiger partial charge is 0.481 e. The van der Waals surface area contributed by atoms with Crippen LogP contribution in [0.5, 0.6) is 0 Å². The first-order chi connectivity index (χ1) is 9.06. The van der Waals surface area contributed by atoms with E-state index in [-0.39, 0.29) is 12.8 Å². The topological polar surface area (TPSA) is 105 Å². The Bertz CT molecular complexity index is 604. The highest BCUT2D eigenvalue weighted by molar-refractivity contribution is 5.70. The highest BCUT2D eigenvalue weighted by Crippen LogP contribution is 2.12. The minimum absolute atomic E-state index is 0.0559. The molecule has 2 rings (SSSR count). The van der Waals surface area contributed by atoms with E-state index in [1.54, 1.807) is 24.3 Å². The summed E-state index contributed by atoms with van der Waals surface area (Å²) in [7, 11) is 0. The minimum Gasteiger partial charge on any atom is -0.481 e. The molecule has 1 aromatic heterocycles. The van der Waals surface area contributed by atoms with Gasteiger partial charge in [0.1, 0.15) is 0 Å². The van der Waals surface area contributed by atoms with Gasteiger partial charge < -0.3 is 10.2 Å². The van der Waals surface area contributed by atoms with Crippen LogP contribution in [0.1, 0.15) is 11.3 Å². The number of carboxylic acid groups (broad SMARTS) is 2. The van der Waals surface area contributed by atoms with E-state index in [2.05, 4.69) is 10.3 Å². The van der Waals surface area contributed by atoms with E-state index in [9.17, 15) is 9.59 Å². The summed E-state index contributed by atoms with van der Waals surface area (Å²) in [5.41, 5.74) is 1.76. The lowest BCUT2D eigenvalue weighted by Gasteiger charge is -2.05. The zero-order chi connectivity index (χ0) is 13.8. The van der Waals surface area contributed by atoms with Gasteiger partial charge in [-0.3, -0.25) is 9.59 Å². The molecule has 0 aliphatic heterocycles. The molecule has 0 spiro atoms. The highest BCUT2D eigenvalue weighted by atomic mass is 16.4. The number of carboxylic acids is 2. The SMILES string of the molecule is O=C(O)Cc1ccc(-n2nncc2CC(=O)O)cc1. The number of aromatic nitrogens is 3. The molecule has 0 radical (unpaired) electrons. The van der Waals surface area contributed by atoms with Gasteiger partial charge in [-0.05, 0) is 17.7 Å². The first kappa shape index (κ1) is 12.7. The predicted molar refractivity (Wildman–Crippen MR) is 64.0 cm³/mol. The standard InChI is InChI=1S/C12H11N3O4/c16-11(17)5-8-1-3-9(4-2-8)15-10(6-12(18)19)7-13-14-15/h1-4,7H,5-6H2,(H,16,17)(H,18,19). The molecule has 98 valence electrons. The van der Waals surface area contributed by atoms with Crippen LogP contribution < -0.4 is 0 Å². The van der Waals surface area contributed by atoms with Crippen LogP contribution in [0.25, 0.3) is 5.69 Å². The quantitative estimate of drug-likeness (QED) is 0.812. The molecular weight excluding hydrogens is 250 g/mol. The van der Waals surface area contributed by atoms with Crippen LogP contribution in [-0.4, -0.2) is 37.1 Å². The Kier molecular flexibility index (Phi) is 3.56. The molecule has 0 aliphatic carbocycles. The summed E-state index contributed by atoms with van der Waals surface area (Å²) in [5, 5.41) is 24.9. The number of hydrogen-bond donors (Lipinski definition) is 2. The van der Waals surface area contributed by atoms with Crippen LogP contribution in [0.4, 0.5) is 0 Å². The normalized spacial score (nSPS) is 10.3. The van der Waals surface area contributed by atoms with E-state index >= 15 is 0 Å². The Balaban J connectivity index is 2.25. The molecule has 0 bridgehead atoms. The molecule has 2 aromatic rings. The third kappa shape index (κ3) is 3.15. The molecule has 0 unspecified atom stereocenters. The van der Waals surface area contributed by atoms with Crippen molar-refractivity contribution < 1.29 is 19.8 Å². The Hall–Kier alpha value is -2.70. The van der Waals surface area contributed by atoms with Crippen LogP contribution in [0, 0.1) is 0 Å². The predicted octanol–water partition coefficient (Wildman–Crippen LogP) is 0.521. The maximum absolute atomic E-state index is 10.7. The van der Waals surface area contributed by atoms with E-state index in [1.165, 1.54) is 10.9 Å². The molecule has 7 nitrogen and oxygen atoms in total. The van der Waals surface area contributed by atoms with Gasteiger partial charge in [0.15, 0.2) is 0 Å². The van der Waals surface area contributed by atoms with Crippen LogP contribution >= 0.6 is 0 Å². The van der Waals surface area contributed by atoms with Crippen molar-refractivity contribution in [2.45, 2.75) is 12.8 Å². The Morgan fingerprint density at radius 1 is 1.05 bits per heavy atom. The minimum atomic E-state index is -0.967. The number of nitrogens with zero attached hydrogens (tertiary/aromatic N) is 3. The van der Waals surface area contributed by atoms with Gasteiger partial charge in [0.2, 0.25) is 0 Å². The molecule has 19 heavy (non-hydrogen) atoms. The van der Waals surface area contributed by atoms with E-state index in [1.807, 2.05) is 0 Å². The molecule has 7 heteroatoms. The van der Waals surface area contributed by atoms with Crippen molar-refractivity contribution in [1.82, 2.24) is 15.0 Å². The fourth-order valence-electron chi connectivity index (χ4n) is 1.68.